The fraction of sp³-hybridized carbons (Fsp3) is 0.455. The van der Waals surface area contributed by atoms with E-state index in [1.54, 1.807) is 10.7 Å². The van der Waals surface area contributed by atoms with Gasteiger partial charge in [-0.2, -0.15) is 5.10 Å². The highest BCUT2D eigenvalue weighted by Gasteiger charge is 2.18. The monoisotopic (exact) mass is 237 g/mol. The molecule has 0 aliphatic carbocycles. The largest absolute Gasteiger partial charge is 0.381 e. The fourth-order valence-electron chi connectivity index (χ4n) is 1.99. The molecule has 16 heavy (non-hydrogen) atoms. The molecule has 0 bridgehead atoms. The molecule has 0 aromatic carbocycles. The number of rotatable bonds is 2. The van der Waals surface area contributed by atoms with Gasteiger partial charge in [0.2, 0.25) is 0 Å². The molecule has 0 N–H and O–H groups in total. The summed E-state index contributed by atoms with van der Waals surface area (Å²) in [6, 6.07) is 3.71. The minimum absolute atomic E-state index is 0.563. The van der Waals surface area contributed by atoms with E-state index in [0.29, 0.717) is 10.9 Å². The SMILES string of the molecule is Clc1ccc2nc(CC3CCOC3)nn2c1. The zero-order valence-corrected chi connectivity index (χ0v) is 9.52. The van der Waals surface area contributed by atoms with E-state index in [-0.39, 0.29) is 0 Å². The average Bonchev–Trinajstić information content (AvgIpc) is 2.86. The molecule has 1 fully saturated rings. The Labute approximate surface area is 98.2 Å². The van der Waals surface area contributed by atoms with Gasteiger partial charge in [-0.1, -0.05) is 11.6 Å². The molecule has 0 saturated carbocycles. The molecule has 2 aromatic heterocycles. The van der Waals surface area contributed by atoms with Crippen molar-refractivity contribution in [2.45, 2.75) is 12.8 Å². The molecule has 3 heterocycles. The molecule has 4 nitrogen and oxygen atoms in total. The van der Waals surface area contributed by atoms with Crippen LogP contribution in [0, 0.1) is 5.92 Å². The second-order valence-corrected chi connectivity index (χ2v) is 4.55. The maximum atomic E-state index is 5.89. The number of pyridine rings is 1. The van der Waals surface area contributed by atoms with E-state index in [2.05, 4.69) is 10.1 Å². The molecule has 1 unspecified atom stereocenters. The smallest absolute Gasteiger partial charge is 0.155 e. The number of aromatic nitrogens is 3. The van der Waals surface area contributed by atoms with Crippen molar-refractivity contribution < 1.29 is 4.74 Å². The van der Waals surface area contributed by atoms with E-state index < -0.39 is 0 Å². The number of fused-ring (bicyclic) bond motifs is 1. The molecular weight excluding hydrogens is 226 g/mol. The van der Waals surface area contributed by atoms with Crippen LogP contribution < -0.4 is 0 Å². The molecule has 0 radical (unpaired) electrons. The maximum absolute atomic E-state index is 5.89. The summed E-state index contributed by atoms with van der Waals surface area (Å²) in [5.41, 5.74) is 0.846. The zero-order chi connectivity index (χ0) is 11.0. The summed E-state index contributed by atoms with van der Waals surface area (Å²) in [6.07, 6.45) is 3.77. The van der Waals surface area contributed by atoms with Crippen molar-refractivity contribution in [1.29, 1.82) is 0 Å². The Bertz CT molecular complexity index is 505. The highest BCUT2D eigenvalue weighted by atomic mass is 35.5. The topological polar surface area (TPSA) is 39.4 Å². The summed E-state index contributed by atoms with van der Waals surface area (Å²) >= 11 is 5.89. The van der Waals surface area contributed by atoms with Gasteiger partial charge in [0.05, 0.1) is 5.02 Å². The van der Waals surface area contributed by atoms with Crippen LogP contribution in [0.5, 0.6) is 0 Å². The van der Waals surface area contributed by atoms with Crippen LogP contribution in [0.25, 0.3) is 5.65 Å². The second kappa shape index (κ2) is 4.03. The molecule has 0 amide bonds. The first-order chi connectivity index (χ1) is 7.81. The Morgan fingerprint density at radius 3 is 3.25 bits per heavy atom. The zero-order valence-electron chi connectivity index (χ0n) is 8.77. The van der Waals surface area contributed by atoms with Gasteiger partial charge in [0, 0.05) is 25.8 Å². The average molecular weight is 238 g/mol. The van der Waals surface area contributed by atoms with Crippen LogP contribution in [0.4, 0.5) is 0 Å². The Kier molecular flexibility index (Phi) is 2.53. The molecule has 1 aliphatic heterocycles. The molecule has 1 aliphatic rings. The van der Waals surface area contributed by atoms with Gasteiger partial charge in [-0.25, -0.2) is 9.50 Å². The third-order valence-corrected chi connectivity index (χ3v) is 3.06. The quantitative estimate of drug-likeness (QED) is 0.802. The van der Waals surface area contributed by atoms with Crippen LogP contribution in [0.15, 0.2) is 18.3 Å². The normalized spacial score (nSPS) is 20.7. The van der Waals surface area contributed by atoms with Gasteiger partial charge in [0.1, 0.15) is 0 Å². The molecule has 2 aromatic rings. The molecule has 5 heteroatoms. The van der Waals surface area contributed by atoms with Crippen molar-refractivity contribution in [2.75, 3.05) is 13.2 Å². The fourth-order valence-corrected chi connectivity index (χ4v) is 2.15. The van der Waals surface area contributed by atoms with Crippen molar-refractivity contribution in [3.63, 3.8) is 0 Å². The van der Waals surface area contributed by atoms with Crippen molar-refractivity contribution in [1.82, 2.24) is 14.6 Å². The van der Waals surface area contributed by atoms with E-state index in [1.165, 1.54) is 0 Å². The van der Waals surface area contributed by atoms with E-state index in [0.717, 1.165) is 37.5 Å². The van der Waals surface area contributed by atoms with Gasteiger partial charge in [-0.3, -0.25) is 0 Å². The van der Waals surface area contributed by atoms with Crippen molar-refractivity contribution >= 4 is 17.2 Å². The number of ether oxygens (including phenoxy) is 1. The predicted molar refractivity (Wildman–Crippen MR) is 60.6 cm³/mol. The molecular formula is C11H12ClN3O. The van der Waals surface area contributed by atoms with E-state index in [1.807, 2.05) is 12.1 Å². The summed E-state index contributed by atoms with van der Waals surface area (Å²) in [7, 11) is 0. The second-order valence-electron chi connectivity index (χ2n) is 4.11. The number of halogens is 1. The number of hydrogen-bond donors (Lipinski definition) is 0. The van der Waals surface area contributed by atoms with Crippen LogP contribution >= 0.6 is 11.6 Å². The Morgan fingerprint density at radius 1 is 1.50 bits per heavy atom. The lowest BCUT2D eigenvalue weighted by Gasteiger charge is -2.01. The summed E-state index contributed by atoms with van der Waals surface area (Å²) in [4.78, 5) is 4.45. The van der Waals surface area contributed by atoms with E-state index >= 15 is 0 Å². The molecule has 84 valence electrons. The third kappa shape index (κ3) is 1.90. The van der Waals surface area contributed by atoms with Crippen molar-refractivity contribution in [2.24, 2.45) is 5.92 Å². The van der Waals surface area contributed by atoms with Gasteiger partial charge in [0.15, 0.2) is 11.5 Å². The van der Waals surface area contributed by atoms with Gasteiger partial charge in [0.25, 0.3) is 0 Å². The first-order valence-electron chi connectivity index (χ1n) is 5.40. The van der Waals surface area contributed by atoms with Crippen molar-refractivity contribution in [3.8, 4) is 0 Å². The summed E-state index contributed by atoms with van der Waals surface area (Å²) in [6.45, 7) is 1.69. The van der Waals surface area contributed by atoms with Crippen LogP contribution in [-0.2, 0) is 11.2 Å². The molecule has 1 atom stereocenters. The van der Waals surface area contributed by atoms with Gasteiger partial charge in [-0.15, -0.1) is 0 Å². The van der Waals surface area contributed by atoms with Crippen LogP contribution in [0.3, 0.4) is 0 Å². The Morgan fingerprint density at radius 2 is 2.44 bits per heavy atom. The standard InChI is InChI=1S/C11H12ClN3O/c12-9-1-2-11-13-10(14-15(11)6-9)5-8-3-4-16-7-8/h1-2,6,8H,3-5,7H2. The highest BCUT2D eigenvalue weighted by Crippen LogP contribution is 2.17. The first kappa shape index (κ1) is 10.1. The van der Waals surface area contributed by atoms with Crippen molar-refractivity contribution in [3.05, 3.63) is 29.2 Å². The summed E-state index contributed by atoms with van der Waals surface area (Å²) in [5, 5.41) is 5.08. The van der Waals surface area contributed by atoms with Crippen LogP contribution in [0.2, 0.25) is 5.02 Å². The first-order valence-corrected chi connectivity index (χ1v) is 5.77. The number of hydrogen-bond acceptors (Lipinski definition) is 3. The lowest BCUT2D eigenvalue weighted by atomic mass is 10.1. The highest BCUT2D eigenvalue weighted by molar-refractivity contribution is 6.30. The molecule has 1 saturated heterocycles. The van der Waals surface area contributed by atoms with E-state index in [4.69, 9.17) is 16.3 Å². The van der Waals surface area contributed by atoms with Gasteiger partial charge < -0.3 is 4.74 Å². The van der Waals surface area contributed by atoms with Gasteiger partial charge >= 0.3 is 0 Å². The lowest BCUT2D eigenvalue weighted by molar-refractivity contribution is 0.185. The summed E-state index contributed by atoms with van der Waals surface area (Å²) < 4.78 is 7.07. The van der Waals surface area contributed by atoms with Gasteiger partial charge in [-0.05, 0) is 24.5 Å². The van der Waals surface area contributed by atoms with E-state index in [9.17, 15) is 0 Å². The van der Waals surface area contributed by atoms with Crippen LogP contribution in [-0.4, -0.2) is 27.8 Å². The Hall–Kier alpha value is -1.13. The minimum atomic E-state index is 0.563. The third-order valence-electron chi connectivity index (χ3n) is 2.83. The maximum Gasteiger partial charge on any atom is 0.155 e. The van der Waals surface area contributed by atoms with Crippen LogP contribution in [0.1, 0.15) is 12.2 Å². The molecule has 3 rings (SSSR count). The molecule has 0 spiro atoms. The summed E-state index contributed by atoms with van der Waals surface area (Å²) in [5.74, 6) is 1.44. The predicted octanol–water partition coefficient (Wildman–Crippen LogP) is 1.96. The number of nitrogens with zero attached hydrogens (tertiary/aromatic N) is 3. The minimum Gasteiger partial charge on any atom is -0.381 e. The Balaban J connectivity index is 1.86. The lowest BCUT2D eigenvalue weighted by Crippen LogP contribution is -2.05.